The predicted octanol–water partition coefficient (Wildman–Crippen LogP) is 2.21. The van der Waals surface area contributed by atoms with Crippen LogP contribution < -0.4 is 5.32 Å². The van der Waals surface area contributed by atoms with Crippen molar-refractivity contribution in [3.8, 4) is 0 Å². The maximum Gasteiger partial charge on any atom is 0.0704 e. The van der Waals surface area contributed by atoms with Crippen molar-refractivity contribution in [2.24, 2.45) is 0 Å². The summed E-state index contributed by atoms with van der Waals surface area (Å²) >= 11 is 0. The lowest BCUT2D eigenvalue weighted by molar-refractivity contribution is 0.0108. The monoisotopic (exact) mass is 217 g/mol. The van der Waals surface area contributed by atoms with Gasteiger partial charge in [-0.2, -0.15) is 0 Å². The molecule has 1 atom stereocenters. The van der Waals surface area contributed by atoms with Crippen molar-refractivity contribution in [3.63, 3.8) is 0 Å². The Bertz CT molecular complexity index is 143. The fourth-order valence-corrected chi connectivity index (χ4v) is 1.28. The van der Waals surface area contributed by atoms with Crippen LogP contribution in [0.3, 0.4) is 0 Å². The standard InChI is InChI=1S/C12H27NO2/c1-6-7-11(15-9-8-14-5)10-13-12(2,3)4/h11,13H,6-10H2,1-5H3. The molecular weight excluding hydrogens is 190 g/mol. The van der Waals surface area contributed by atoms with Crippen molar-refractivity contribution in [1.29, 1.82) is 0 Å². The van der Waals surface area contributed by atoms with Gasteiger partial charge in [0.1, 0.15) is 0 Å². The molecule has 1 unspecified atom stereocenters. The van der Waals surface area contributed by atoms with Crippen LogP contribution in [0.1, 0.15) is 40.5 Å². The van der Waals surface area contributed by atoms with Crippen LogP contribution >= 0.6 is 0 Å². The van der Waals surface area contributed by atoms with E-state index in [1.807, 2.05) is 0 Å². The number of nitrogens with one attached hydrogen (secondary N) is 1. The highest BCUT2D eigenvalue weighted by Gasteiger charge is 2.13. The van der Waals surface area contributed by atoms with Crippen LogP contribution in [-0.2, 0) is 9.47 Å². The van der Waals surface area contributed by atoms with Crippen LogP contribution in [0.5, 0.6) is 0 Å². The first-order chi connectivity index (χ1) is 6.99. The van der Waals surface area contributed by atoms with Crippen molar-refractivity contribution >= 4 is 0 Å². The fraction of sp³-hybridized carbons (Fsp3) is 1.00. The molecule has 0 aliphatic carbocycles. The van der Waals surface area contributed by atoms with Gasteiger partial charge in [0.2, 0.25) is 0 Å². The van der Waals surface area contributed by atoms with Crippen molar-refractivity contribution in [2.75, 3.05) is 26.9 Å². The summed E-state index contributed by atoms with van der Waals surface area (Å²) in [5, 5.41) is 3.47. The van der Waals surface area contributed by atoms with Crippen molar-refractivity contribution in [3.05, 3.63) is 0 Å². The van der Waals surface area contributed by atoms with Gasteiger partial charge < -0.3 is 14.8 Å². The number of hydrogen-bond donors (Lipinski definition) is 1. The largest absolute Gasteiger partial charge is 0.382 e. The first-order valence-corrected chi connectivity index (χ1v) is 5.85. The summed E-state index contributed by atoms with van der Waals surface area (Å²) in [5.41, 5.74) is 0.163. The van der Waals surface area contributed by atoms with E-state index in [1.54, 1.807) is 7.11 Å². The molecule has 0 saturated heterocycles. The van der Waals surface area contributed by atoms with E-state index in [0.717, 1.165) is 19.4 Å². The summed E-state index contributed by atoms with van der Waals surface area (Å²) in [7, 11) is 1.70. The first kappa shape index (κ1) is 14.9. The second-order valence-electron chi connectivity index (χ2n) is 4.91. The smallest absolute Gasteiger partial charge is 0.0704 e. The maximum atomic E-state index is 5.73. The Hall–Kier alpha value is -0.120. The molecule has 0 bridgehead atoms. The third kappa shape index (κ3) is 10.2. The quantitative estimate of drug-likeness (QED) is 0.632. The minimum Gasteiger partial charge on any atom is -0.382 e. The molecule has 0 aliphatic heterocycles. The molecule has 0 aliphatic rings. The van der Waals surface area contributed by atoms with E-state index in [0.29, 0.717) is 19.3 Å². The van der Waals surface area contributed by atoms with Gasteiger partial charge in [-0.3, -0.25) is 0 Å². The van der Waals surface area contributed by atoms with Gasteiger partial charge in [-0.1, -0.05) is 13.3 Å². The Balaban J connectivity index is 3.72. The third-order valence-electron chi connectivity index (χ3n) is 2.11. The number of methoxy groups -OCH3 is 1. The molecular formula is C12H27NO2. The molecule has 0 heterocycles. The Morgan fingerprint density at radius 2 is 1.87 bits per heavy atom. The van der Waals surface area contributed by atoms with Gasteiger partial charge in [-0.05, 0) is 27.2 Å². The molecule has 0 aromatic carbocycles. The molecule has 1 N–H and O–H groups in total. The van der Waals surface area contributed by atoms with Gasteiger partial charge in [-0.25, -0.2) is 0 Å². The fourth-order valence-electron chi connectivity index (χ4n) is 1.28. The van der Waals surface area contributed by atoms with Gasteiger partial charge in [0.25, 0.3) is 0 Å². The third-order valence-corrected chi connectivity index (χ3v) is 2.11. The molecule has 0 radical (unpaired) electrons. The summed E-state index contributed by atoms with van der Waals surface area (Å²) in [5.74, 6) is 0. The minimum atomic E-state index is 0.163. The highest BCUT2D eigenvalue weighted by Crippen LogP contribution is 2.04. The summed E-state index contributed by atoms with van der Waals surface area (Å²) in [6, 6.07) is 0. The minimum absolute atomic E-state index is 0.163. The number of hydrogen-bond acceptors (Lipinski definition) is 3. The van der Waals surface area contributed by atoms with Crippen LogP contribution in [0.4, 0.5) is 0 Å². The highest BCUT2D eigenvalue weighted by atomic mass is 16.5. The van der Waals surface area contributed by atoms with Gasteiger partial charge in [0, 0.05) is 19.2 Å². The second kappa shape index (κ2) is 8.08. The van der Waals surface area contributed by atoms with E-state index >= 15 is 0 Å². The van der Waals surface area contributed by atoms with Crippen molar-refractivity contribution in [2.45, 2.75) is 52.2 Å². The summed E-state index contributed by atoms with van der Waals surface area (Å²) in [6.07, 6.45) is 2.57. The van der Waals surface area contributed by atoms with E-state index in [4.69, 9.17) is 9.47 Å². The molecule has 3 nitrogen and oxygen atoms in total. The van der Waals surface area contributed by atoms with Crippen LogP contribution in [0.2, 0.25) is 0 Å². The molecule has 0 fully saturated rings. The lowest BCUT2D eigenvalue weighted by atomic mass is 10.1. The normalized spacial score (nSPS) is 14.2. The number of ether oxygens (including phenoxy) is 2. The van der Waals surface area contributed by atoms with E-state index in [2.05, 4.69) is 33.0 Å². The lowest BCUT2D eigenvalue weighted by Crippen LogP contribution is -2.41. The Morgan fingerprint density at radius 1 is 1.20 bits per heavy atom. The molecule has 0 saturated carbocycles. The summed E-state index contributed by atoms with van der Waals surface area (Å²) < 4.78 is 10.7. The topological polar surface area (TPSA) is 30.5 Å². The van der Waals surface area contributed by atoms with Crippen LogP contribution in [0.15, 0.2) is 0 Å². The molecule has 0 aromatic rings. The zero-order chi connectivity index (χ0) is 11.7. The van der Waals surface area contributed by atoms with Crippen LogP contribution in [0.25, 0.3) is 0 Å². The Labute approximate surface area is 94.5 Å². The van der Waals surface area contributed by atoms with E-state index in [9.17, 15) is 0 Å². The first-order valence-electron chi connectivity index (χ1n) is 5.85. The molecule has 15 heavy (non-hydrogen) atoms. The van der Waals surface area contributed by atoms with Gasteiger partial charge in [0.05, 0.1) is 19.3 Å². The van der Waals surface area contributed by atoms with Crippen LogP contribution in [-0.4, -0.2) is 38.5 Å². The van der Waals surface area contributed by atoms with Gasteiger partial charge >= 0.3 is 0 Å². The predicted molar refractivity (Wildman–Crippen MR) is 64.3 cm³/mol. The molecule has 3 heteroatoms. The van der Waals surface area contributed by atoms with Crippen LogP contribution in [0, 0.1) is 0 Å². The maximum absolute atomic E-state index is 5.73. The van der Waals surface area contributed by atoms with Crippen molar-refractivity contribution in [1.82, 2.24) is 5.32 Å². The Kier molecular flexibility index (Phi) is 8.02. The summed E-state index contributed by atoms with van der Waals surface area (Å²) in [4.78, 5) is 0. The van der Waals surface area contributed by atoms with Crippen molar-refractivity contribution < 1.29 is 9.47 Å². The summed E-state index contributed by atoms with van der Waals surface area (Å²) in [6.45, 7) is 11.0. The Morgan fingerprint density at radius 3 is 2.33 bits per heavy atom. The molecule has 0 aromatic heterocycles. The SMILES string of the molecule is CCCC(CNC(C)(C)C)OCCOC. The van der Waals surface area contributed by atoms with Gasteiger partial charge in [0.15, 0.2) is 0 Å². The van der Waals surface area contributed by atoms with E-state index in [-0.39, 0.29) is 5.54 Å². The molecule has 0 rings (SSSR count). The molecule has 92 valence electrons. The zero-order valence-electron chi connectivity index (χ0n) is 10.9. The second-order valence-corrected chi connectivity index (χ2v) is 4.91. The molecule has 0 spiro atoms. The zero-order valence-corrected chi connectivity index (χ0v) is 10.9. The van der Waals surface area contributed by atoms with Gasteiger partial charge in [-0.15, -0.1) is 0 Å². The highest BCUT2D eigenvalue weighted by molar-refractivity contribution is 4.73. The lowest BCUT2D eigenvalue weighted by Gasteiger charge is -2.25. The van der Waals surface area contributed by atoms with E-state index < -0.39 is 0 Å². The average molecular weight is 217 g/mol. The average Bonchev–Trinajstić information content (AvgIpc) is 2.13. The molecule has 0 amide bonds. The number of rotatable bonds is 8. The van der Waals surface area contributed by atoms with E-state index in [1.165, 1.54) is 0 Å².